The highest BCUT2D eigenvalue weighted by Crippen LogP contribution is 2.06. The summed E-state index contributed by atoms with van der Waals surface area (Å²) in [6.45, 7) is 5.75. The topological polar surface area (TPSA) is 44.0 Å². The van der Waals surface area contributed by atoms with Crippen LogP contribution in [0.25, 0.3) is 5.69 Å². The number of rotatable bonds is 3. The molecule has 0 aliphatic rings. The SMILES string of the molecule is C=C(C)Cn1ccn(-c2cccc(F)c2)c(=O)c1=O. The molecule has 1 aromatic heterocycles. The average molecular weight is 260 g/mol. The first-order valence-electron chi connectivity index (χ1n) is 5.71. The molecule has 0 spiro atoms. The Morgan fingerprint density at radius 1 is 1.26 bits per heavy atom. The van der Waals surface area contributed by atoms with Crippen LogP contribution in [0.4, 0.5) is 4.39 Å². The number of hydrogen-bond donors (Lipinski definition) is 0. The number of nitrogens with zero attached hydrogens (tertiary/aromatic N) is 2. The minimum atomic E-state index is -0.714. The summed E-state index contributed by atoms with van der Waals surface area (Å²) in [4.78, 5) is 23.8. The third-order valence-electron chi connectivity index (χ3n) is 2.58. The Balaban J connectivity index is 2.56. The van der Waals surface area contributed by atoms with Gasteiger partial charge in [-0.25, -0.2) is 4.39 Å². The summed E-state index contributed by atoms with van der Waals surface area (Å²) < 4.78 is 15.5. The summed E-state index contributed by atoms with van der Waals surface area (Å²) in [6.07, 6.45) is 2.94. The Bertz CT molecular complexity index is 744. The largest absolute Gasteiger partial charge is 0.320 e. The summed E-state index contributed by atoms with van der Waals surface area (Å²) in [6, 6.07) is 5.52. The third kappa shape index (κ3) is 2.70. The van der Waals surface area contributed by atoms with Gasteiger partial charge < -0.3 is 4.57 Å². The van der Waals surface area contributed by atoms with Crippen LogP contribution >= 0.6 is 0 Å². The molecule has 0 amide bonds. The van der Waals surface area contributed by atoms with Gasteiger partial charge in [0, 0.05) is 18.9 Å². The van der Waals surface area contributed by atoms with Crippen LogP contribution in [0, 0.1) is 5.82 Å². The highest BCUT2D eigenvalue weighted by atomic mass is 19.1. The van der Waals surface area contributed by atoms with Crippen molar-refractivity contribution in [1.29, 1.82) is 0 Å². The monoisotopic (exact) mass is 260 g/mol. The van der Waals surface area contributed by atoms with E-state index in [1.165, 1.54) is 35.2 Å². The first-order valence-corrected chi connectivity index (χ1v) is 5.71. The zero-order valence-electron chi connectivity index (χ0n) is 10.5. The van der Waals surface area contributed by atoms with Crippen molar-refractivity contribution in [2.75, 3.05) is 0 Å². The van der Waals surface area contributed by atoms with Crippen molar-refractivity contribution in [3.05, 3.63) is 75.3 Å². The Morgan fingerprint density at radius 2 is 2.00 bits per heavy atom. The van der Waals surface area contributed by atoms with E-state index in [4.69, 9.17) is 0 Å². The molecule has 0 fully saturated rings. The second kappa shape index (κ2) is 5.06. The van der Waals surface area contributed by atoms with E-state index >= 15 is 0 Å². The molecule has 1 aromatic carbocycles. The predicted octanol–water partition coefficient (Wildman–Crippen LogP) is 1.71. The zero-order chi connectivity index (χ0) is 14.0. The number of allylic oxidation sites excluding steroid dienone is 1. The van der Waals surface area contributed by atoms with Crippen LogP contribution < -0.4 is 11.1 Å². The van der Waals surface area contributed by atoms with Crippen LogP contribution in [-0.4, -0.2) is 9.13 Å². The maximum atomic E-state index is 13.1. The van der Waals surface area contributed by atoms with Gasteiger partial charge in [0.05, 0.1) is 5.69 Å². The summed E-state index contributed by atoms with van der Waals surface area (Å²) in [5.74, 6) is -0.462. The lowest BCUT2D eigenvalue weighted by molar-refractivity contribution is 0.625. The molecule has 0 N–H and O–H groups in total. The fraction of sp³-hybridized carbons (Fsp3) is 0.143. The minimum absolute atomic E-state index is 0.290. The van der Waals surface area contributed by atoms with Crippen LogP contribution in [0.5, 0.6) is 0 Å². The second-order valence-corrected chi connectivity index (χ2v) is 4.34. The van der Waals surface area contributed by atoms with Gasteiger partial charge in [-0.05, 0) is 25.1 Å². The van der Waals surface area contributed by atoms with Gasteiger partial charge in [0.1, 0.15) is 5.82 Å². The van der Waals surface area contributed by atoms with Crippen LogP contribution in [-0.2, 0) is 6.54 Å². The van der Waals surface area contributed by atoms with Gasteiger partial charge in [-0.1, -0.05) is 18.2 Å². The van der Waals surface area contributed by atoms with E-state index < -0.39 is 16.9 Å². The van der Waals surface area contributed by atoms with E-state index in [-0.39, 0.29) is 6.54 Å². The smallest absolute Gasteiger partial charge is 0.305 e. The minimum Gasteiger partial charge on any atom is -0.305 e. The molecule has 1 heterocycles. The average Bonchev–Trinajstić information content (AvgIpc) is 2.35. The fourth-order valence-electron chi connectivity index (χ4n) is 1.75. The van der Waals surface area contributed by atoms with Gasteiger partial charge in [-0.2, -0.15) is 0 Å². The van der Waals surface area contributed by atoms with E-state index in [0.717, 1.165) is 10.1 Å². The maximum Gasteiger partial charge on any atom is 0.320 e. The second-order valence-electron chi connectivity index (χ2n) is 4.34. The molecular formula is C14H13FN2O2. The Hall–Kier alpha value is -2.43. The first kappa shape index (κ1) is 13.0. The molecule has 98 valence electrons. The lowest BCUT2D eigenvalue weighted by atomic mass is 10.3. The van der Waals surface area contributed by atoms with Gasteiger partial charge in [0.25, 0.3) is 0 Å². The van der Waals surface area contributed by atoms with E-state index in [1.807, 2.05) is 0 Å². The van der Waals surface area contributed by atoms with Crippen molar-refractivity contribution in [2.45, 2.75) is 13.5 Å². The van der Waals surface area contributed by atoms with E-state index in [0.29, 0.717) is 5.69 Å². The van der Waals surface area contributed by atoms with Gasteiger partial charge in [0.15, 0.2) is 0 Å². The van der Waals surface area contributed by atoms with Crippen molar-refractivity contribution in [1.82, 2.24) is 9.13 Å². The third-order valence-corrected chi connectivity index (χ3v) is 2.58. The normalized spacial score (nSPS) is 10.4. The highest BCUT2D eigenvalue weighted by Gasteiger charge is 2.07. The zero-order valence-corrected chi connectivity index (χ0v) is 10.5. The van der Waals surface area contributed by atoms with Crippen LogP contribution in [0.2, 0.25) is 0 Å². The fourth-order valence-corrected chi connectivity index (χ4v) is 1.75. The molecular weight excluding hydrogens is 247 g/mol. The Labute approximate surface area is 109 Å². The van der Waals surface area contributed by atoms with Gasteiger partial charge in [-0.3, -0.25) is 14.2 Å². The number of halogens is 1. The summed E-state index contributed by atoms with van der Waals surface area (Å²) in [5.41, 5.74) is -0.279. The predicted molar refractivity (Wildman–Crippen MR) is 71.1 cm³/mol. The lowest BCUT2D eigenvalue weighted by Crippen LogP contribution is -2.40. The molecule has 5 heteroatoms. The maximum absolute atomic E-state index is 13.1. The Morgan fingerprint density at radius 3 is 2.63 bits per heavy atom. The molecule has 2 aromatic rings. The molecule has 0 aliphatic heterocycles. The van der Waals surface area contributed by atoms with Crippen LogP contribution in [0.15, 0.2) is 58.4 Å². The van der Waals surface area contributed by atoms with Crippen molar-refractivity contribution in [2.24, 2.45) is 0 Å². The standard InChI is InChI=1S/C14H13FN2O2/c1-10(2)9-16-6-7-17(14(19)13(16)18)12-5-3-4-11(15)8-12/h3-8H,1,9H2,2H3. The molecule has 19 heavy (non-hydrogen) atoms. The van der Waals surface area contributed by atoms with Crippen LogP contribution in [0.3, 0.4) is 0 Å². The van der Waals surface area contributed by atoms with Gasteiger partial charge >= 0.3 is 11.1 Å². The van der Waals surface area contributed by atoms with E-state index in [1.54, 1.807) is 13.0 Å². The quantitative estimate of drug-likeness (QED) is 0.623. The molecule has 0 bridgehead atoms. The number of hydrogen-bond acceptors (Lipinski definition) is 2. The van der Waals surface area contributed by atoms with Crippen LogP contribution in [0.1, 0.15) is 6.92 Å². The van der Waals surface area contributed by atoms with E-state index in [9.17, 15) is 14.0 Å². The molecule has 0 radical (unpaired) electrons. The molecule has 0 saturated heterocycles. The molecule has 2 rings (SSSR count). The Kier molecular flexibility index (Phi) is 3.46. The van der Waals surface area contributed by atoms with Gasteiger partial charge in [-0.15, -0.1) is 0 Å². The molecule has 0 atom stereocenters. The molecule has 4 nitrogen and oxygen atoms in total. The van der Waals surface area contributed by atoms with Gasteiger partial charge in [0.2, 0.25) is 0 Å². The molecule has 0 saturated carbocycles. The van der Waals surface area contributed by atoms with E-state index in [2.05, 4.69) is 6.58 Å². The molecule has 0 aliphatic carbocycles. The lowest BCUT2D eigenvalue weighted by Gasteiger charge is -2.08. The van der Waals surface area contributed by atoms with Crippen molar-refractivity contribution < 1.29 is 4.39 Å². The van der Waals surface area contributed by atoms with Crippen molar-refractivity contribution >= 4 is 0 Å². The van der Waals surface area contributed by atoms with Crippen molar-refractivity contribution in [3.63, 3.8) is 0 Å². The number of aromatic nitrogens is 2. The summed E-state index contributed by atoms with van der Waals surface area (Å²) in [5, 5.41) is 0. The van der Waals surface area contributed by atoms with Crippen molar-refractivity contribution in [3.8, 4) is 5.69 Å². The molecule has 0 unspecified atom stereocenters. The number of benzene rings is 1. The first-order chi connectivity index (χ1) is 8.99. The summed E-state index contributed by atoms with van der Waals surface area (Å²) >= 11 is 0. The highest BCUT2D eigenvalue weighted by molar-refractivity contribution is 5.31. The summed E-state index contributed by atoms with van der Waals surface area (Å²) in [7, 11) is 0.